The Labute approximate surface area is 176 Å². The highest BCUT2D eigenvalue weighted by molar-refractivity contribution is 6.19. The van der Waals surface area contributed by atoms with Crippen molar-refractivity contribution in [1.29, 1.82) is 0 Å². The molecule has 1 N–H and O–H groups in total. The van der Waals surface area contributed by atoms with Crippen molar-refractivity contribution in [2.24, 2.45) is 15.9 Å². The Hall–Kier alpha value is -3.67. The van der Waals surface area contributed by atoms with E-state index in [4.69, 9.17) is 19.5 Å². The molecular formula is C24H24N4O2. The normalized spacial score (nSPS) is 12.9. The number of hydrogen-bond donors (Lipinski definition) is 1. The van der Waals surface area contributed by atoms with Gasteiger partial charge in [0.05, 0.1) is 25.1 Å². The molecule has 6 heteroatoms. The van der Waals surface area contributed by atoms with Crippen LogP contribution >= 0.6 is 0 Å². The van der Waals surface area contributed by atoms with E-state index in [1.54, 1.807) is 19.5 Å². The van der Waals surface area contributed by atoms with Crippen LogP contribution in [0.15, 0.2) is 77.0 Å². The highest BCUT2D eigenvalue weighted by Crippen LogP contribution is 2.32. The molecule has 2 heterocycles. The van der Waals surface area contributed by atoms with Crippen LogP contribution in [0, 0.1) is 5.92 Å². The first-order valence-corrected chi connectivity index (χ1v) is 9.88. The number of nitrogens with zero attached hydrogens (tertiary/aromatic N) is 3. The first kappa shape index (κ1) is 19.6. The topological polar surface area (TPSA) is 68.1 Å². The number of amidine groups is 2. The molecule has 0 saturated heterocycles. The number of aromatic nitrogens is 1. The lowest BCUT2D eigenvalue weighted by atomic mass is 10.1. The third kappa shape index (κ3) is 4.49. The van der Waals surface area contributed by atoms with E-state index >= 15 is 0 Å². The highest BCUT2D eigenvalue weighted by Gasteiger charge is 2.16. The van der Waals surface area contributed by atoms with Gasteiger partial charge in [-0.05, 0) is 54.4 Å². The maximum atomic E-state index is 5.80. The van der Waals surface area contributed by atoms with Crippen LogP contribution in [0.2, 0.25) is 0 Å². The summed E-state index contributed by atoms with van der Waals surface area (Å²) in [5, 5.41) is 3.42. The molecule has 0 unspecified atom stereocenters. The Morgan fingerprint density at radius 1 is 0.867 bits per heavy atom. The van der Waals surface area contributed by atoms with Crippen LogP contribution in [0.3, 0.4) is 0 Å². The number of hydrogen-bond acceptors (Lipinski definition) is 6. The minimum absolute atomic E-state index is 0.475. The molecule has 0 radical (unpaired) electrons. The molecule has 0 saturated carbocycles. The van der Waals surface area contributed by atoms with Crippen molar-refractivity contribution in [2.75, 3.05) is 19.0 Å². The summed E-state index contributed by atoms with van der Waals surface area (Å²) in [5.74, 6) is 3.38. The first-order valence-electron chi connectivity index (χ1n) is 9.88. The van der Waals surface area contributed by atoms with Gasteiger partial charge in [-0.15, -0.1) is 0 Å². The number of pyridine rings is 1. The van der Waals surface area contributed by atoms with Gasteiger partial charge < -0.3 is 14.8 Å². The fourth-order valence-electron chi connectivity index (χ4n) is 2.98. The average molecular weight is 400 g/mol. The zero-order valence-corrected chi connectivity index (χ0v) is 17.3. The van der Waals surface area contributed by atoms with Gasteiger partial charge in [0.15, 0.2) is 5.84 Å². The third-order valence-electron chi connectivity index (χ3n) is 4.55. The van der Waals surface area contributed by atoms with E-state index in [1.807, 2.05) is 54.6 Å². The summed E-state index contributed by atoms with van der Waals surface area (Å²) in [7, 11) is 1.65. The molecule has 1 aliphatic heterocycles. The number of fused-ring (bicyclic) bond motifs is 1. The molecule has 4 rings (SSSR count). The maximum absolute atomic E-state index is 5.80. The molecule has 0 amide bonds. The fraction of sp³-hybridized carbons (Fsp3) is 0.208. The molecule has 0 aliphatic carbocycles. The summed E-state index contributed by atoms with van der Waals surface area (Å²) in [6.07, 6.45) is 3.47. The van der Waals surface area contributed by atoms with Gasteiger partial charge in [0.2, 0.25) is 0 Å². The summed E-state index contributed by atoms with van der Waals surface area (Å²) in [6.45, 7) is 4.94. The van der Waals surface area contributed by atoms with Crippen molar-refractivity contribution >= 4 is 23.0 Å². The Kier molecular flexibility index (Phi) is 5.75. The Morgan fingerprint density at radius 3 is 2.30 bits per heavy atom. The molecule has 6 nitrogen and oxygen atoms in total. The molecule has 30 heavy (non-hydrogen) atoms. The van der Waals surface area contributed by atoms with Crippen LogP contribution in [0.25, 0.3) is 0 Å². The molecule has 0 fully saturated rings. The first-order chi connectivity index (χ1) is 14.6. The standard InChI is InChI=1S/C24H24N4O2/c1-16(2)15-30-19-6-4-17(5-7-19)23-27-22-14-20(29-3)8-9-21(22)26-24(28-23)18-10-12-25-13-11-18/h4-14,16H,15H2,1-3H3,(H,26,27,28). The summed E-state index contributed by atoms with van der Waals surface area (Å²) >= 11 is 0. The van der Waals surface area contributed by atoms with Gasteiger partial charge in [-0.3, -0.25) is 4.98 Å². The van der Waals surface area contributed by atoms with Gasteiger partial charge in [0.25, 0.3) is 0 Å². The molecule has 3 aromatic rings. The number of aliphatic imine (C=N–C) groups is 2. The molecular weight excluding hydrogens is 376 g/mol. The number of rotatable bonds is 6. The summed E-state index contributed by atoms with van der Waals surface area (Å²) in [5.41, 5.74) is 3.45. The molecule has 1 aromatic heterocycles. The van der Waals surface area contributed by atoms with Crippen molar-refractivity contribution in [1.82, 2.24) is 4.98 Å². The van der Waals surface area contributed by atoms with Crippen molar-refractivity contribution in [2.45, 2.75) is 13.8 Å². The zero-order chi connectivity index (χ0) is 20.9. The van der Waals surface area contributed by atoms with Crippen LogP contribution in [0.4, 0.5) is 11.4 Å². The van der Waals surface area contributed by atoms with E-state index < -0.39 is 0 Å². The minimum Gasteiger partial charge on any atom is -0.497 e. The van der Waals surface area contributed by atoms with Crippen molar-refractivity contribution in [3.05, 3.63) is 78.1 Å². The molecule has 0 atom stereocenters. The van der Waals surface area contributed by atoms with Crippen LogP contribution in [0.5, 0.6) is 11.5 Å². The zero-order valence-electron chi connectivity index (χ0n) is 17.3. The smallest absolute Gasteiger partial charge is 0.162 e. The summed E-state index contributed by atoms with van der Waals surface area (Å²) in [4.78, 5) is 13.7. The molecule has 152 valence electrons. The van der Waals surface area contributed by atoms with E-state index in [-0.39, 0.29) is 0 Å². The van der Waals surface area contributed by atoms with Gasteiger partial charge in [-0.1, -0.05) is 13.8 Å². The van der Waals surface area contributed by atoms with Gasteiger partial charge in [-0.2, -0.15) is 0 Å². The quantitative estimate of drug-likeness (QED) is 0.627. The molecule has 1 aliphatic rings. The number of nitrogens with one attached hydrogen (secondary N) is 1. The van der Waals surface area contributed by atoms with Crippen molar-refractivity contribution in [3.8, 4) is 11.5 Å². The van der Waals surface area contributed by atoms with E-state index in [9.17, 15) is 0 Å². The highest BCUT2D eigenvalue weighted by atomic mass is 16.5. The van der Waals surface area contributed by atoms with Gasteiger partial charge in [0.1, 0.15) is 17.3 Å². The summed E-state index contributed by atoms with van der Waals surface area (Å²) < 4.78 is 11.2. The SMILES string of the molecule is COc1ccc2c(c1)NC(c1ccc(OCC(C)C)cc1)=NC(c1ccncc1)=N2. The average Bonchev–Trinajstić information content (AvgIpc) is 2.97. The Balaban J connectivity index is 1.73. The summed E-state index contributed by atoms with van der Waals surface area (Å²) in [6, 6.07) is 17.4. The molecule has 0 spiro atoms. The van der Waals surface area contributed by atoms with Crippen LogP contribution < -0.4 is 14.8 Å². The van der Waals surface area contributed by atoms with Gasteiger partial charge >= 0.3 is 0 Å². The lowest BCUT2D eigenvalue weighted by molar-refractivity contribution is 0.271. The maximum Gasteiger partial charge on any atom is 0.162 e. The predicted octanol–water partition coefficient (Wildman–Crippen LogP) is 5.08. The predicted molar refractivity (Wildman–Crippen MR) is 120 cm³/mol. The molecule has 2 aromatic carbocycles. The van der Waals surface area contributed by atoms with E-state index in [0.717, 1.165) is 34.0 Å². The van der Waals surface area contributed by atoms with Crippen LogP contribution in [-0.2, 0) is 0 Å². The van der Waals surface area contributed by atoms with Crippen LogP contribution in [0.1, 0.15) is 25.0 Å². The molecule has 0 bridgehead atoms. The second kappa shape index (κ2) is 8.78. The Bertz CT molecular complexity index is 1070. The second-order valence-corrected chi connectivity index (χ2v) is 7.37. The van der Waals surface area contributed by atoms with E-state index in [2.05, 4.69) is 24.1 Å². The fourth-order valence-corrected chi connectivity index (χ4v) is 2.98. The van der Waals surface area contributed by atoms with Gasteiger partial charge in [-0.25, -0.2) is 9.98 Å². The Morgan fingerprint density at radius 2 is 1.60 bits per heavy atom. The second-order valence-electron chi connectivity index (χ2n) is 7.37. The number of anilines is 1. The monoisotopic (exact) mass is 400 g/mol. The number of benzene rings is 2. The lowest BCUT2D eigenvalue weighted by Gasteiger charge is -2.12. The lowest BCUT2D eigenvalue weighted by Crippen LogP contribution is -2.15. The third-order valence-corrected chi connectivity index (χ3v) is 4.55. The van der Waals surface area contributed by atoms with Crippen molar-refractivity contribution < 1.29 is 9.47 Å². The number of methoxy groups -OCH3 is 1. The van der Waals surface area contributed by atoms with E-state index in [1.165, 1.54) is 0 Å². The van der Waals surface area contributed by atoms with E-state index in [0.29, 0.717) is 24.2 Å². The largest absolute Gasteiger partial charge is 0.497 e. The van der Waals surface area contributed by atoms with Gasteiger partial charge in [0, 0.05) is 29.6 Å². The minimum atomic E-state index is 0.475. The van der Waals surface area contributed by atoms with Crippen molar-refractivity contribution in [3.63, 3.8) is 0 Å². The van der Waals surface area contributed by atoms with Crippen LogP contribution in [-0.4, -0.2) is 30.4 Å². The number of ether oxygens (including phenoxy) is 2.